The van der Waals surface area contributed by atoms with Gasteiger partial charge >= 0.3 is 16.1 Å². The summed E-state index contributed by atoms with van der Waals surface area (Å²) in [4.78, 5) is 12.4. The summed E-state index contributed by atoms with van der Waals surface area (Å²) >= 11 is 0. The minimum absolute atomic E-state index is 0.163. The molecular formula is C10H15FN4O3S. The number of rotatable bonds is 6. The van der Waals surface area contributed by atoms with Gasteiger partial charge in [-0.25, -0.2) is 9.38 Å². The maximum absolute atomic E-state index is 13.3. The lowest BCUT2D eigenvalue weighted by atomic mass is 10.5. The Hall–Kier alpha value is -1.77. The third-order valence-corrected chi connectivity index (χ3v) is 3.08. The lowest BCUT2D eigenvalue weighted by Gasteiger charge is -2.05. The van der Waals surface area contributed by atoms with Crippen LogP contribution in [0.25, 0.3) is 0 Å². The molecule has 106 valence electrons. The molecule has 0 unspecified atom stereocenters. The van der Waals surface area contributed by atoms with Crippen LogP contribution >= 0.6 is 0 Å². The van der Waals surface area contributed by atoms with Crippen molar-refractivity contribution in [2.75, 3.05) is 19.8 Å². The van der Waals surface area contributed by atoms with Gasteiger partial charge in [0.25, 0.3) is 0 Å². The average molecular weight is 290 g/mol. The number of aliphatic imine (C=N–C) groups is 1. The zero-order valence-electron chi connectivity index (χ0n) is 10.9. The van der Waals surface area contributed by atoms with E-state index in [0.29, 0.717) is 6.42 Å². The number of hydrogen-bond acceptors (Lipinski definition) is 6. The first kappa shape index (κ1) is 15.3. The van der Waals surface area contributed by atoms with Gasteiger partial charge in [-0.1, -0.05) is 6.92 Å². The molecule has 0 spiro atoms. The molecule has 0 aromatic carbocycles. The molecule has 7 nitrogen and oxygen atoms in total. The summed E-state index contributed by atoms with van der Waals surface area (Å²) in [6, 6.07) is -0.444. The van der Waals surface area contributed by atoms with Gasteiger partial charge in [0.1, 0.15) is 0 Å². The molecule has 0 aliphatic rings. The van der Waals surface area contributed by atoms with Crippen molar-refractivity contribution in [1.29, 1.82) is 0 Å². The Labute approximate surface area is 111 Å². The van der Waals surface area contributed by atoms with E-state index >= 15 is 0 Å². The van der Waals surface area contributed by atoms with Crippen LogP contribution in [-0.4, -0.2) is 49.5 Å². The lowest BCUT2D eigenvalue weighted by molar-refractivity contribution is 0.459. The zero-order chi connectivity index (χ0) is 14.5. The molecule has 0 saturated carbocycles. The second-order valence-electron chi connectivity index (χ2n) is 3.88. The molecule has 1 aromatic heterocycles. The smallest absolute Gasteiger partial charge is 0.335 e. The van der Waals surface area contributed by atoms with Crippen LogP contribution in [0.1, 0.15) is 13.3 Å². The summed E-state index contributed by atoms with van der Waals surface area (Å²) in [7, 11) is -0.355. The predicted molar refractivity (Wildman–Crippen MR) is 68.5 cm³/mol. The van der Waals surface area contributed by atoms with Gasteiger partial charge in [-0.2, -0.15) is 18.4 Å². The fourth-order valence-electron chi connectivity index (χ4n) is 1.05. The van der Waals surface area contributed by atoms with Crippen LogP contribution in [0.4, 0.5) is 10.2 Å². The predicted octanol–water partition coefficient (Wildman–Crippen LogP) is 0.956. The van der Waals surface area contributed by atoms with Gasteiger partial charge in [0.05, 0.1) is 18.3 Å². The Morgan fingerprint density at radius 1 is 1.53 bits per heavy atom. The maximum atomic E-state index is 13.3. The lowest BCUT2D eigenvalue weighted by Crippen LogP contribution is -2.15. The molecule has 0 fully saturated rings. The van der Waals surface area contributed by atoms with Crippen LogP contribution in [0.5, 0.6) is 6.01 Å². The first-order chi connectivity index (χ1) is 8.84. The van der Waals surface area contributed by atoms with Crippen molar-refractivity contribution in [2.45, 2.75) is 13.3 Å². The average Bonchev–Trinajstić information content (AvgIpc) is 2.29. The topological polar surface area (TPSA) is 84.8 Å². The van der Waals surface area contributed by atoms with Crippen molar-refractivity contribution in [3.05, 3.63) is 12.0 Å². The maximum Gasteiger partial charge on any atom is 0.335 e. The number of aromatic nitrogens is 2. The third-order valence-electron chi connectivity index (χ3n) is 1.77. The zero-order valence-corrected chi connectivity index (χ0v) is 11.7. The van der Waals surface area contributed by atoms with E-state index < -0.39 is 21.9 Å². The highest BCUT2D eigenvalue weighted by atomic mass is 32.2. The van der Waals surface area contributed by atoms with E-state index in [0.717, 1.165) is 6.20 Å². The molecule has 0 atom stereocenters. The highest BCUT2D eigenvalue weighted by Gasteiger charge is 2.15. The second kappa shape index (κ2) is 6.41. The molecule has 0 radical (unpaired) electrons. The number of hydrogen-bond donors (Lipinski definition) is 0. The van der Waals surface area contributed by atoms with Gasteiger partial charge < -0.3 is 9.08 Å². The van der Waals surface area contributed by atoms with Crippen LogP contribution in [0.2, 0.25) is 0 Å². The van der Waals surface area contributed by atoms with Gasteiger partial charge in [-0.15, -0.1) is 0 Å². The van der Waals surface area contributed by atoms with Crippen molar-refractivity contribution < 1.29 is 17.0 Å². The minimum Gasteiger partial charge on any atom is -0.369 e. The summed E-state index contributed by atoms with van der Waals surface area (Å²) in [5, 5.41) is 0. The molecule has 0 N–H and O–H groups in total. The molecule has 0 bridgehead atoms. The van der Waals surface area contributed by atoms with E-state index in [1.54, 1.807) is 25.9 Å². The summed E-state index contributed by atoms with van der Waals surface area (Å²) in [5.41, 5.74) is 0. The van der Waals surface area contributed by atoms with Crippen molar-refractivity contribution in [2.24, 2.45) is 4.99 Å². The van der Waals surface area contributed by atoms with E-state index in [-0.39, 0.29) is 11.6 Å². The van der Waals surface area contributed by atoms with Gasteiger partial charge in [-0.05, 0) is 6.42 Å². The van der Waals surface area contributed by atoms with E-state index in [9.17, 15) is 12.8 Å². The van der Waals surface area contributed by atoms with Crippen molar-refractivity contribution in [3.8, 4) is 6.01 Å². The highest BCUT2D eigenvalue weighted by Crippen LogP contribution is 2.17. The van der Waals surface area contributed by atoms with E-state index in [4.69, 9.17) is 0 Å². The van der Waals surface area contributed by atoms with Gasteiger partial charge in [0, 0.05) is 14.1 Å². The van der Waals surface area contributed by atoms with Gasteiger partial charge in [0.2, 0.25) is 0 Å². The van der Waals surface area contributed by atoms with Crippen LogP contribution in [0, 0.1) is 5.82 Å². The van der Waals surface area contributed by atoms with E-state index in [1.165, 1.54) is 6.34 Å². The standard InChI is InChI=1S/C10H15FN4O3S/c1-4-5-19(16,17)18-10-12-6-8(11)9(14-10)13-7-15(2)3/h6-7H,4-5H2,1-3H3. The van der Waals surface area contributed by atoms with Crippen LogP contribution in [0.15, 0.2) is 11.2 Å². The molecule has 9 heteroatoms. The Morgan fingerprint density at radius 2 is 2.21 bits per heavy atom. The fraction of sp³-hybridized carbons (Fsp3) is 0.500. The van der Waals surface area contributed by atoms with E-state index in [2.05, 4.69) is 19.1 Å². The molecule has 0 aliphatic heterocycles. The van der Waals surface area contributed by atoms with Crippen LogP contribution < -0.4 is 4.18 Å². The second-order valence-corrected chi connectivity index (χ2v) is 5.57. The molecule has 0 amide bonds. The Kier molecular flexibility index (Phi) is 5.16. The summed E-state index contributed by atoms with van der Waals surface area (Å²) in [6.45, 7) is 1.69. The molecule has 1 heterocycles. The first-order valence-corrected chi connectivity index (χ1v) is 7.07. The molecule has 1 aromatic rings. The first-order valence-electron chi connectivity index (χ1n) is 5.49. The highest BCUT2D eigenvalue weighted by molar-refractivity contribution is 7.87. The third kappa shape index (κ3) is 5.16. The molecular weight excluding hydrogens is 275 g/mol. The molecule has 1 rings (SSSR count). The quantitative estimate of drug-likeness (QED) is 0.440. The van der Waals surface area contributed by atoms with Gasteiger partial charge in [-0.3, -0.25) is 0 Å². The fourth-order valence-corrected chi connectivity index (χ4v) is 1.94. The number of nitrogens with zero attached hydrogens (tertiary/aromatic N) is 4. The van der Waals surface area contributed by atoms with E-state index in [1.807, 2.05) is 0 Å². The SMILES string of the molecule is CCCS(=O)(=O)Oc1ncc(F)c(N=CN(C)C)n1. The van der Waals surface area contributed by atoms with Crippen molar-refractivity contribution in [1.82, 2.24) is 14.9 Å². The van der Waals surface area contributed by atoms with Crippen molar-refractivity contribution >= 4 is 22.3 Å². The largest absolute Gasteiger partial charge is 0.369 e. The van der Waals surface area contributed by atoms with Crippen LogP contribution in [-0.2, 0) is 10.1 Å². The molecule has 19 heavy (non-hydrogen) atoms. The van der Waals surface area contributed by atoms with Crippen molar-refractivity contribution in [3.63, 3.8) is 0 Å². The van der Waals surface area contributed by atoms with Crippen LogP contribution in [0.3, 0.4) is 0 Å². The Balaban J connectivity index is 2.96. The molecule has 0 saturated heterocycles. The summed E-state index contributed by atoms with van der Waals surface area (Å²) < 4.78 is 40.8. The summed E-state index contributed by atoms with van der Waals surface area (Å²) in [5.74, 6) is -1.21. The normalized spacial score (nSPS) is 11.8. The monoisotopic (exact) mass is 290 g/mol. The Bertz CT molecular complexity index is 560. The minimum atomic E-state index is -3.76. The van der Waals surface area contributed by atoms with Gasteiger partial charge in [0.15, 0.2) is 11.6 Å². The molecule has 0 aliphatic carbocycles. The number of halogens is 1. The summed E-state index contributed by atoms with van der Waals surface area (Å²) in [6.07, 6.45) is 2.54. The Morgan fingerprint density at radius 3 is 2.79 bits per heavy atom.